The summed E-state index contributed by atoms with van der Waals surface area (Å²) in [6.45, 7) is 1.62. The third kappa shape index (κ3) is 9.61. The van der Waals surface area contributed by atoms with Crippen molar-refractivity contribution in [1.82, 2.24) is 0 Å². The normalized spacial score (nSPS) is 12.0. The van der Waals surface area contributed by atoms with Crippen LogP contribution in [-0.4, -0.2) is 0 Å². The first-order valence-corrected chi connectivity index (χ1v) is 21.2. The summed E-state index contributed by atoms with van der Waals surface area (Å²) in [4.78, 5) is 0. The Bertz CT molecular complexity index is 2470. The largest absolute Gasteiger partial charge is 0.488 e. The number of para-hydroxylation sites is 2. The lowest BCUT2D eigenvalue weighted by molar-refractivity contribution is 0.293. The van der Waals surface area contributed by atoms with E-state index in [0.717, 1.165) is 89.8 Å². The van der Waals surface area contributed by atoms with Gasteiger partial charge in [0.05, 0.1) is 0 Å². The monoisotopic (exact) mass is 814 g/mol. The van der Waals surface area contributed by atoms with Gasteiger partial charge >= 0.3 is 0 Å². The molecule has 0 fully saturated rings. The Hall–Kier alpha value is -7.44. The molecule has 0 saturated carbocycles. The summed E-state index contributed by atoms with van der Waals surface area (Å²) in [6, 6.07) is 62.1. The lowest BCUT2D eigenvalue weighted by Crippen LogP contribution is -2.10. The Morgan fingerprint density at radius 3 is 0.742 bits per heavy atom. The van der Waals surface area contributed by atoms with Crippen molar-refractivity contribution in [1.29, 1.82) is 0 Å². The average molecular weight is 815 g/mol. The highest BCUT2D eigenvalue weighted by Gasteiger charge is 2.23. The molecule has 62 heavy (non-hydrogen) atoms. The van der Waals surface area contributed by atoms with Gasteiger partial charge in [0, 0.05) is 59.3 Å². The molecule has 0 unspecified atom stereocenters. The number of benzene rings is 8. The fourth-order valence-corrected chi connectivity index (χ4v) is 8.40. The number of rotatable bonds is 12. The van der Waals surface area contributed by atoms with Crippen molar-refractivity contribution in [2.75, 3.05) is 11.5 Å². The Morgan fingerprint density at radius 2 is 0.500 bits per heavy atom. The van der Waals surface area contributed by atoms with Gasteiger partial charge in [-0.2, -0.15) is 0 Å². The van der Waals surface area contributed by atoms with Gasteiger partial charge in [0.1, 0.15) is 49.4 Å². The van der Waals surface area contributed by atoms with E-state index >= 15 is 0 Å². The molecule has 0 heterocycles. The van der Waals surface area contributed by atoms with Gasteiger partial charge in [-0.05, 0) is 68.8 Å². The fraction of sp³-hybridized carbons (Fsp3) is 0.143. The average Bonchev–Trinajstić information content (AvgIpc) is 3.29. The van der Waals surface area contributed by atoms with Crippen molar-refractivity contribution in [2.45, 2.75) is 52.1 Å². The maximum absolute atomic E-state index is 6.90. The maximum Gasteiger partial charge on any atom is 0.127 e. The highest BCUT2D eigenvalue weighted by molar-refractivity contribution is 5.61. The smallest absolute Gasteiger partial charge is 0.127 e. The Morgan fingerprint density at radius 1 is 0.274 bits per heavy atom. The quantitative estimate of drug-likeness (QED) is 0.119. The van der Waals surface area contributed by atoms with Crippen molar-refractivity contribution in [3.8, 4) is 23.0 Å². The van der Waals surface area contributed by atoms with Crippen LogP contribution in [0.15, 0.2) is 182 Å². The van der Waals surface area contributed by atoms with E-state index < -0.39 is 0 Å². The van der Waals surface area contributed by atoms with Crippen molar-refractivity contribution in [3.63, 3.8) is 0 Å². The van der Waals surface area contributed by atoms with Crippen molar-refractivity contribution in [2.24, 2.45) is 0 Å². The van der Waals surface area contributed by atoms with Crippen molar-refractivity contribution >= 4 is 11.4 Å². The molecule has 308 valence electrons. The molecular weight excluding hydrogens is 765 g/mol. The zero-order valence-electron chi connectivity index (χ0n) is 34.8. The van der Waals surface area contributed by atoms with Crippen LogP contribution in [-0.2, 0) is 52.1 Å². The molecule has 8 aromatic rings. The van der Waals surface area contributed by atoms with Crippen LogP contribution in [0.4, 0.5) is 11.4 Å². The van der Waals surface area contributed by atoms with Gasteiger partial charge in [-0.25, -0.2) is 0 Å². The summed E-state index contributed by atoms with van der Waals surface area (Å²) in [5, 5.41) is 0. The summed E-state index contributed by atoms with van der Waals surface area (Å²) in [5.74, 6) is 3.26. The van der Waals surface area contributed by atoms with E-state index in [1.807, 2.05) is 97.1 Å². The predicted molar refractivity (Wildman–Crippen MR) is 249 cm³/mol. The summed E-state index contributed by atoms with van der Waals surface area (Å²) in [5.41, 5.74) is 27.3. The molecule has 0 spiro atoms. The van der Waals surface area contributed by atoms with Gasteiger partial charge in [0.2, 0.25) is 0 Å². The molecule has 6 nitrogen and oxygen atoms in total. The number of fused-ring (bicyclic) bond motifs is 8. The van der Waals surface area contributed by atoms with Gasteiger partial charge in [-0.15, -0.1) is 0 Å². The van der Waals surface area contributed by atoms with Crippen LogP contribution < -0.4 is 30.4 Å². The highest BCUT2D eigenvalue weighted by atomic mass is 16.5. The summed E-state index contributed by atoms with van der Waals surface area (Å²) < 4.78 is 27.6. The molecule has 8 aromatic carbocycles. The lowest BCUT2D eigenvalue weighted by atomic mass is 9.90. The standard InChI is InChI=1S/C56H50N2O4/c57-51-31-47-27-43-23-13-24-44(53(43)59-35-39-15-5-1-6-16-39)28-48-32-52(58)34-50(56(48)62-38-42-21-11-4-12-22-42)30-46-26-14-25-45(54(46)60-36-40-17-7-2-8-18-40)29-49(33-51)55(47)61-37-41-19-9-3-10-20-41/h1-26,31-34H,27-30,35-38,57-58H2. The molecule has 0 atom stereocenters. The van der Waals surface area contributed by atoms with E-state index in [4.69, 9.17) is 30.4 Å². The number of hydrogen-bond donors (Lipinski definition) is 2. The fourth-order valence-electron chi connectivity index (χ4n) is 8.40. The van der Waals surface area contributed by atoms with Crippen LogP contribution in [0.25, 0.3) is 0 Å². The van der Waals surface area contributed by atoms with Crippen LogP contribution in [0, 0.1) is 0 Å². The first-order chi connectivity index (χ1) is 30.5. The molecule has 0 aromatic heterocycles. The third-order valence-electron chi connectivity index (χ3n) is 11.3. The second kappa shape index (κ2) is 18.9. The van der Waals surface area contributed by atoms with E-state index in [1.54, 1.807) is 0 Å². The molecule has 6 heteroatoms. The number of hydrogen-bond acceptors (Lipinski definition) is 6. The zero-order chi connectivity index (χ0) is 42.1. The van der Waals surface area contributed by atoms with Crippen molar-refractivity contribution < 1.29 is 18.9 Å². The van der Waals surface area contributed by atoms with Crippen LogP contribution in [0.1, 0.15) is 66.8 Å². The SMILES string of the molecule is Nc1cc2c(OCc3ccccc3)c(c1)Cc1cccc(c1OCc1ccccc1)Cc1cc(N)cc(c1OCc1ccccc1)Cc1cccc(c1OCc1ccccc1)C2. The van der Waals surface area contributed by atoms with Gasteiger partial charge in [-0.3, -0.25) is 0 Å². The third-order valence-corrected chi connectivity index (χ3v) is 11.3. The topological polar surface area (TPSA) is 89.0 Å². The van der Waals surface area contributed by atoms with Gasteiger partial charge in [0.25, 0.3) is 0 Å². The molecule has 1 aliphatic carbocycles. The van der Waals surface area contributed by atoms with E-state index in [2.05, 4.69) is 84.9 Å². The zero-order valence-corrected chi connectivity index (χ0v) is 34.8. The summed E-state index contributed by atoms with van der Waals surface area (Å²) >= 11 is 0. The molecule has 0 saturated heterocycles. The van der Waals surface area contributed by atoms with Crippen LogP contribution in [0.5, 0.6) is 23.0 Å². The van der Waals surface area contributed by atoms with E-state index in [-0.39, 0.29) is 0 Å². The molecule has 0 radical (unpaired) electrons. The number of anilines is 2. The first kappa shape index (κ1) is 40.0. The van der Waals surface area contributed by atoms with E-state index in [9.17, 15) is 0 Å². The Labute approximate surface area is 364 Å². The molecule has 0 amide bonds. The number of ether oxygens (including phenoxy) is 4. The predicted octanol–water partition coefficient (Wildman–Crippen LogP) is 11.8. The second-order valence-corrected chi connectivity index (χ2v) is 16.0. The Kier molecular flexibility index (Phi) is 12.2. The van der Waals surface area contributed by atoms with Crippen LogP contribution in [0.2, 0.25) is 0 Å². The molecule has 8 bridgehead atoms. The Balaban J connectivity index is 1.23. The van der Waals surface area contributed by atoms with Gasteiger partial charge < -0.3 is 30.4 Å². The summed E-state index contributed by atoms with van der Waals surface area (Å²) in [6.07, 6.45) is 2.10. The molecule has 4 N–H and O–H groups in total. The van der Waals surface area contributed by atoms with Crippen molar-refractivity contribution in [3.05, 3.63) is 249 Å². The number of nitrogen functional groups attached to an aromatic ring is 2. The highest BCUT2D eigenvalue weighted by Crippen LogP contribution is 2.41. The second-order valence-electron chi connectivity index (χ2n) is 16.0. The minimum absolute atomic E-state index is 0.404. The van der Waals surface area contributed by atoms with E-state index in [0.29, 0.717) is 63.5 Å². The van der Waals surface area contributed by atoms with Gasteiger partial charge in [-0.1, -0.05) is 158 Å². The molecule has 0 aliphatic heterocycles. The molecule has 9 rings (SSSR count). The van der Waals surface area contributed by atoms with Crippen LogP contribution in [0.3, 0.4) is 0 Å². The van der Waals surface area contributed by atoms with E-state index in [1.165, 1.54) is 0 Å². The molecular formula is C56H50N2O4. The molecule has 1 aliphatic rings. The first-order valence-electron chi connectivity index (χ1n) is 21.2. The minimum Gasteiger partial charge on any atom is -0.488 e. The maximum atomic E-state index is 6.90. The minimum atomic E-state index is 0.404. The number of nitrogens with two attached hydrogens (primary N) is 2. The summed E-state index contributed by atoms with van der Waals surface area (Å²) in [7, 11) is 0. The van der Waals surface area contributed by atoms with Crippen LogP contribution >= 0.6 is 0 Å². The van der Waals surface area contributed by atoms with Gasteiger partial charge in [0.15, 0.2) is 0 Å². The lowest BCUT2D eigenvalue weighted by Gasteiger charge is -2.23.